The standard InChI is InChI=1S/C31H33BrN4O7/c1-4-41-26-15-22(29-28(30(38)40-3)19(2)34-31(39)35-29)9-14-25(26)43-18-27(37)36-33-16-20-7-12-24(13-8-20)42-17-21-5-10-23(32)11-6-21/h5-16,27,29,36-37H,4,17-18H2,1-3H3,(H2,34,35,39)/b33-16-/t27-,29+/m0/s1. The zero-order valence-electron chi connectivity index (χ0n) is 23.9. The minimum Gasteiger partial charge on any atom is -0.490 e. The van der Waals surface area contributed by atoms with Crippen molar-refractivity contribution in [3.8, 4) is 17.2 Å². The van der Waals surface area contributed by atoms with Crippen LogP contribution in [0.3, 0.4) is 0 Å². The number of methoxy groups -OCH3 is 1. The first-order valence-corrected chi connectivity index (χ1v) is 14.3. The molecule has 0 fully saturated rings. The molecular weight excluding hydrogens is 620 g/mol. The minimum atomic E-state index is -1.11. The number of hydrazone groups is 1. The summed E-state index contributed by atoms with van der Waals surface area (Å²) in [4.78, 5) is 24.5. The van der Waals surface area contributed by atoms with Crippen LogP contribution in [0.25, 0.3) is 0 Å². The molecule has 3 aromatic rings. The van der Waals surface area contributed by atoms with Gasteiger partial charge in [-0.2, -0.15) is 5.10 Å². The molecule has 12 heteroatoms. The van der Waals surface area contributed by atoms with Crippen LogP contribution in [0.1, 0.15) is 36.6 Å². The van der Waals surface area contributed by atoms with Crippen molar-refractivity contribution in [1.29, 1.82) is 0 Å². The lowest BCUT2D eigenvalue weighted by Gasteiger charge is -2.28. The third-order valence-corrected chi connectivity index (χ3v) is 6.84. The maximum atomic E-state index is 12.4. The summed E-state index contributed by atoms with van der Waals surface area (Å²) in [6.45, 7) is 4.12. The number of esters is 1. The zero-order valence-corrected chi connectivity index (χ0v) is 25.5. The first-order valence-electron chi connectivity index (χ1n) is 13.5. The second kappa shape index (κ2) is 15.1. The van der Waals surface area contributed by atoms with Gasteiger partial charge in [-0.15, -0.1) is 0 Å². The van der Waals surface area contributed by atoms with Crippen molar-refractivity contribution in [1.82, 2.24) is 16.1 Å². The first kappa shape index (κ1) is 31.4. The highest BCUT2D eigenvalue weighted by atomic mass is 79.9. The molecule has 0 saturated carbocycles. The number of amides is 2. The van der Waals surface area contributed by atoms with Crippen molar-refractivity contribution in [2.45, 2.75) is 32.7 Å². The van der Waals surface area contributed by atoms with Gasteiger partial charge in [-0.25, -0.2) is 9.59 Å². The molecule has 0 bridgehead atoms. The number of benzene rings is 3. The fourth-order valence-electron chi connectivity index (χ4n) is 4.22. The van der Waals surface area contributed by atoms with E-state index in [1.807, 2.05) is 55.5 Å². The Morgan fingerprint density at radius 2 is 1.81 bits per heavy atom. The van der Waals surface area contributed by atoms with Crippen LogP contribution in [-0.2, 0) is 16.1 Å². The second-order valence-electron chi connectivity index (χ2n) is 9.40. The fraction of sp³-hybridized carbons (Fsp3) is 0.258. The molecule has 1 aliphatic rings. The van der Waals surface area contributed by atoms with Crippen molar-refractivity contribution >= 4 is 34.1 Å². The van der Waals surface area contributed by atoms with Crippen LogP contribution in [0.15, 0.2) is 87.6 Å². The minimum absolute atomic E-state index is 0.129. The Hall–Kier alpha value is -4.55. The van der Waals surface area contributed by atoms with E-state index in [1.54, 1.807) is 31.3 Å². The maximum absolute atomic E-state index is 12.4. The van der Waals surface area contributed by atoms with Gasteiger partial charge in [0.25, 0.3) is 0 Å². The highest BCUT2D eigenvalue weighted by Crippen LogP contribution is 2.35. The van der Waals surface area contributed by atoms with Gasteiger partial charge in [-0.3, -0.25) is 5.43 Å². The predicted molar refractivity (Wildman–Crippen MR) is 164 cm³/mol. The zero-order chi connectivity index (χ0) is 30.8. The van der Waals surface area contributed by atoms with E-state index in [4.69, 9.17) is 18.9 Å². The third-order valence-electron chi connectivity index (χ3n) is 6.31. The number of urea groups is 1. The molecule has 43 heavy (non-hydrogen) atoms. The lowest BCUT2D eigenvalue weighted by atomic mass is 9.95. The van der Waals surface area contributed by atoms with Gasteiger partial charge in [-0.1, -0.05) is 34.1 Å². The molecular formula is C31H33BrN4O7. The maximum Gasteiger partial charge on any atom is 0.337 e. The highest BCUT2D eigenvalue weighted by Gasteiger charge is 2.32. The number of aliphatic hydroxyl groups is 1. The Balaban J connectivity index is 1.32. The predicted octanol–water partition coefficient (Wildman–Crippen LogP) is 4.55. The molecule has 0 saturated heterocycles. The summed E-state index contributed by atoms with van der Waals surface area (Å²) in [6, 6.07) is 19.2. The van der Waals surface area contributed by atoms with Gasteiger partial charge in [0.15, 0.2) is 17.7 Å². The van der Waals surface area contributed by atoms with Gasteiger partial charge in [-0.05, 0) is 79.1 Å². The van der Waals surface area contributed by atoms with Gasteiger partial charge < -0.3 is 34.7 Å². The number of nitrogens with zero attached hydrogens (tertiary/aromatic N) is 1. The molecule has 4 N–H and O–H groups in total. The average Bonchev–Trinajstić information content (AvgIpc) is 3.00. The molecule has 0 spiro atoms. The fourth-order valence-corrected chi connectivity index (χ4v) is 4.48. The molecule has 0 unspecified atom stereocenters. The molecule has 0 aromatic heterocycles. The van der Waals surface area contributed by atoms with Gasteiger partial charge in [0.1, 0.15) is 19.0 Å². The Kier molecular flexibility index (Phi) is 11.0. The van der Waals surface area contributed by atoms with E-state index in [1.165, 1.54) is 7.11 Å². The number of hydrogen-bond donors (Lipinski definition) is 4. The third kappa shape index (κ3) is 8.72. The van der Waals surface area contributed by atoms with Crippen molar-refractivity contribution < 1.29 is 33.6 Å². The average molecular weight is 654 g/mol. The number of aliphatic hydroxyl groups excluding tert-OH is 1. The number of hydrogen-bond acceptors (Lipinski definition) is 9. The largest absolute Gasteiger partial charge is 0.490 e. The lowest BCUT2D eigenvalue weighted by Crippen LogP contribution is -2.45. The topological polar surface area (TPSA) is 140 Å². The number of ether oxygens (including phenoxy) is 4. The number of nitrogens with one attached hydrogen (secondary N) is 3. The number of carbonyl (C=O) groups is 2. The van der Waals surface area contributed by atoms with E-state index in [0.717, 1.165) is 21.3 Å². The van der Waals surface area contributed by atoms with Crippen molar-refractivity contribution in [2.75, 3.05) is 20.3 Å². The van der Waals surface area contributed by atoms with E-state index in [9.17, 15) is 14.7 Å². The van der Waals surface area contributed by atoms with Gasteiger partial charge in [0.2, 0.25) is 0 Å². The van der Waals surface area contributed by atoms with Crippen molar-refractivity contribution in [3.05, 3.63) is 99.2 Å². The summed E-state index contributed by atoms with van der Waals surface area (Å²) in [5, 5.41) is 19.8. The van der Waals surface area contributed by atoms with E-state index >= 15 is 0 Å². The molecule has 1 aliphatic heterocycles. The van der Waals surface area contributed by atoms with Crippen molar-refractivity contribution in [2.24, 2.45) is 5.10 Å². The van der Waals surface area contributed by atoms with Crippen LogP contribution >= 0.6 is 15.9 Å². The molecule has 2 atom stereocenters. The first-order chi connectivity index (χ1) is 20.8. The Labute approximate surface area is 258 Å². The van der Waals surface area contributed by atoms with Gasteiger partial charge >= 0.3 is 12.0 Å². The van der Waals surface area contributed by atoms with E-state index in [0.29, 0.717) is 36.0 Å². The van der Waals surface area contributed by atoms with Crippen LogP contribution in [0.5, 0.6) is 17.2 Å². The molecule has 0 radical (unpaired) electrons. The normalized spacial score (nSPS) is 15.4. The number of halogens is 1. The molecule has 11 nitrogen and oxygen atoms in total. The van der Waals surface area contributed by atoms with E-state index in [-0.39, 0.29) is 12.2 Å². The highest BCUT2D eigenvalue weighted by molar-refractivity contribution is 9.10. The summed E-state index contributed by atoms with van der Waals surface area (Å²) in [6.07, 6.45) is 0.461. The summed E-state index contributed by atoms with van der Waals surface area (Å²) in [7, 11) is 1.28. The number of carbonyl (C=O) groups excluding carboxylic acids is 2. The monoisotopic (exact) mass is 652 g/mol. The van der Waals surface area contributed by atoms with Crippen LogP contribution < -0.4 is 30.3 Å². The molecule has 226 valence electrons. The molecule has 0 aliphatic carbocycles. The molecule has 3 aromatic carbocycles. The summed E-state index contributed by atoms with van der Waals surface area (Å²) < 4.78 is 23.3. The summed E-state index contributed by atoms with van der Waals surface area (Å²) in [5.74, 6) is 0.916. The van der Waals surface area contributed by atoms with Gasteiger partial charge in [0.05, 0.1) is 31.5 Å². The quantitative estimate of drug-likeness (QED) is 0.0913. The lowest BCUT2D eigenvalue weighted by molar-refractivity contribution is -0.136. The van der Waals surface area contributed by atoms with E-state index in [2.05, 4.69) is 37.1 Å². The van der Waals surface area contributed by atoms with Gasteiger partial charge in [0, 0.05) is 10.2 Å². The van der Waals surface area contributed by atoms with Crippen LogP contribution in [0.4, 0.5) is 4.79 Å². The summed E-state index contributed by atoms with van der Waals surface area (Å²) in [5.41, 5.74) is 5.77. The molecule has 2 amide bonds. The smallest absolute Gasteiger partial charge is 0.337 e. The number of allylic oxidation sites excluding steroid dienone is 1. The van der Waals surface area contributed by atoms with Crippen LogP contribution in [0.2, 0.25) is 0 Å². The van der Waals surface area contributed by atoms with Crippen LogP contribution in [-0.4, -0.2) is 49.9 Å². The molecule has 1 heterocycles. The molecule has 4 rings (SSSR count). The summed E-state index contributed by atoms with van der Waals surface area (Å²) >= 11 is 3.42. The Morgan fingerprint density at radius 3 is 2.51 bits per heavy atom. The van der Waals surface area contributed by atoms with E-state index < -0.39 is 24.3 Å². The second-order valence-corrected chi connectivity index (χ2v) is 10.3. The Bertz CT molecular complexity index is 1480. The van der Waals surface area contributed by atoms with Crippen LogP contribution in [0, 0.1) is 0 Å². The number of rotatable bonds is 13. The van der Waals surface area contributed by atoms with Crippen molar-refractivity contribution in [3.63, 3.8) is 0 Å². The SMILES string of the molecule is CCOc1cc([C@H]2NC(=O)NC(C)=C2C(=O)OC)ccc1OC[C@H](O)N/N=C\c1ccc(OCc2ccc(Br)cc2)cc1. The Morgan fingerprint density at radius 1 is 1.07 bits per heavy atom.